The maximum Gasteiger partial charge on any atom is 0.242 e. The van der Waals surface area contributed by atoms with Gasteiger partial charge >= 0.3 is 0 Å². The van der Waals surface area contributed by atoms with E-state index in [0.717, 1.165) is 19.6 Å². The Morgan fingerprint density at radius 2 is 1.45 bits per heavy atom. The lowest BCUT2D eigenvalue weighted by molar-refractivity contribution is -0.147. The first-order valence-electron chi connectivity index (χ1n) is 10.1. The summed E-state index contributed by atoms with van der Waals surface area (Å²) in [7, 11) is 0. The van der Waals surface area contributed by atoms with E-state index in [-0.39, 0.29) is 45.8 Å². The number of likely N-dealkylation sites (tertiary alicyclic amines) is 1. The number of carbonyl (C=O) groups excluding carboxylic acids is 3. The van der Waals surface area contributed by atoms with Crippen molar-refractivity contribution in [3.05, 3.63) is 35.9 Å². The normalized spacial score (nSPS) is 30.6. The molecular formula is C21H25Br2N3O3. The van der Waals surface area contributed by atoms with E-state index >= 15 is 0 Å². The van der Waals surface area contributed by atoms with Gasteiger partial charge in [-0.25, -0.2) is 0 Å². The predicted octanol–water partition coefficient (Wildman–Crippen LogP) is 2.25. The van der Waals surface area contributed by atoms with Crippen molar-refractivity contribution >= 4 is 49.6 Å². The molecule has 2 aliphatic heterocycles. The molecule has 3 aliphatic rings. The highest BCUT2D eigenvalue weighted by Crippen LogP contribution is 2.43. The van der Waals surface area contributed by atoms with Crippen molar-refractivity contribution in [1.82, 2.24) is 14.7 Å². The van der Waals surface area contributed by atoms with Gasteiger partial charge in [-0.3, -0.25) is 24.2 Å². The summed E-state index contributed by atoms with van der Waals surface area (Å²) < 4.78 is 0. The fraction of sp³-hybridized carbons (Fsp3) is 0.571. The van der Waals surface area contributed by atoms with E-state index in [4.69, 9.17) is 0 Å². The van der Waals surface area contributed by atoms with Crippen LogP contribution in [0, 0.1) is 11.8 Å². The minimum atomic E-state index is -0.295. The molecule has 1 aromatic carbocycles. The summed E-state index contributed by atoms with van der Waals surface area (Å²) in [4.78, 5) is 44.0. The van der Waals surface area contributed by atoms with Gasteiger partial charge in [0.1, 0.15) is 6.54 Å². The maximum atomic E-state index is 12.8. The third kappa shape index (κ3) is 4.44. The predicted molar refractivity (Wildman–Crippen MR) is 117 cm³/mol. The number of halogens is 2. The molecule has 0 bridgehead atoms. The molecule has 0 aromatic heterocycles. The number of fused-ring (bicyclic) bond motifs is 1. The monoisotopic (exact) mass is 525 g/mol. The number of rotatable bonds is 4. The number of hydrogen-bond acceptors (Lipinski definition) is 4. The molecule has 29 heavy (non-hydrogen) atoms. The fourth-order valence-corrected chi connectivity index (χ4v) is 5.79. The number of imide groups is 1. The van der Waals surface area contributed by atoms with Gasteiger partial charge in [0.15, 0.2) is 0 Å². The van der Waals surface area contributed by atoms with Crippen molar-refractivity contribution in [1.29, 1.82) is 0 Å². The molecular weight excluding hydrogens is 502 g/mol. The third-order valence-corrected chi connectivity index (χ3v) is 9.00. The van der Waals surface area contributed by atoms with E-state index in [1.54, 1.807) is 4.90 Å². The SMILES string of the molecule is O=C(CN1C(=O)[C@H]2C[C@H](Br)[C@@H](Br)C[C@H]2C1=O)N1CCN(Cc2ccccc2)CC1. The van der Waals surface area contributed by atoms with Crippen LogP contribution in [0.5, 0.6) is 0 Å². The van der Waals surface area contributed by atoms with E-state index in [9.17, 15) is 14.4 Å². The first kappa shape index (κ1) is 21.0. The molecule has 4 rings (SSSR count). The van der Waals surface area contributed by atoms with Crippen LogP contribution in [0.4, 0.5) is 0 Å². The van der Waals surface area contributed by atoms with Crippen molar-refractivity contribution in [2.24, 2.45) is 11.8 Å². The summed E-state index contributed by atoms with van der Waals surface area (Å²) in [6.07, 6.45) is 1.27. The molecule has 6 nitrogen and oxygen atoms in total. The van der Waals surface area contributed by atoms with Gasteiger partial charge in [0, 0.05) is 42.4 Å². The van der Waals surface area contributed by atoms with Crippen LogP contribution in [0.15, 0.2) is 30.3 Å². The van der Waals surface area contributed by atoms with Crippen molar-refractivity contribution in [3.63, 3.8) is 0 Å². The average molecular weight is 527 g/mol. The topological polar surface area (TPSA) is 60.9 Å². The Morgan fingerprint density at radius 3 is 2.00 bits per heavy atom. The van der Waals surface area contributed by atoms with Crippen LogP contribution in [-0.4, -0.2) is 74.8 Å². The zero-order chi connectivity index (χ0) is 20.5. The molecule has 1 aliphatic carbocycles. The summed E-state index contributed by atoms with van der Waals surface area (Å²) in [6, 6.07) is 10.3. The minimum absolute atomic E-state index is 0.122. The fourth-order valence-electron chi connectivity index (χ4n) is 4.55. The Hall–Kier alpha value is -1.25. The first-order chi connectivity index (χ1) is 13.9. The van der Waals surface area contributed by atoms with Crippen LogP contribution < -0.4 is 0 Å². The van der Waals surface area contributed by atoms with Crippen LogP contribution >= 0.6 is 31.9 Å². The summed E-state index contributed by atoms with van der Waals surface area (Å²) >= 11 is 7.18. The van der Waals surface area contributed by atoms with Crippen molar-refractivity contribution in [2.45, 2.75) is 29.0 Å². The highest BCUT2D eigenvalue weighted by molar-refractivity contribution is 9.12. The number of piperazine rings is 1. The molecule has 1 saturated carbocycles. The molecule has 3 fully saturated rings. The van der Waals surface area contributed by atoms with E-state index in [2.05, 4.69) is 48.9 Å². The zero-order valence-electron chi connectivity index (χ0n) is 16.2. The lowest BCUT2D eigenvalue weighted by Gasteiger charge is -2.35. The lowest BCUT2D eigenvalue weighted by Crippen LogP contribution is -2.51. The van der Waals surface area contributed by atoms with E-state index in [1.807, 2.05) is 18.2 Å². The molecule has 4 atom stereocenters. The Kier molecular flexibility index (Phi) is 6.41. The highest BCUT2D eigenvalue weighted by Gasteiger charge is 2.52. The van der Waals surface area contributed by atoms with Crippen LogP contribution in [-0.2, 0) is 20.9 Å². The summed E-state index contributed by atoms with van der Waals surface area (Å²) in [5, 5.41) is 0. The Morgan fingerprint density at radius 1 is 0.897 bits per heavy atom. The Bertz CT molecular complexity index is 755. The molecule has 3 amide bonds. The zero-order valence-corrected chi connectivity index (χ0v) is 19.3. The van der Waals surface area contributed by atoms with Crippen molar-refractivity contribution < 1.29 is 14.4 Å². The van der Waals surface area contributed by atoms with Gasteiger partial charge in [0.05, 0.1) is 11.8 Å². The number of amides is 3. The number of benzene rings is 1. The molecule has 0 spiro atoms. The van der Waals surface area contributed by atoms with Crippen molar-refractivity contribution in [2.75, 3.05) is 32.7 Å². The van der Waals surface area contributed by atoms with Gasteiger partial charge < -0.3 is 4.90 Å². The van der Waals surface area contributed by atoms with Crippen LogP contribution in [0.25, 0.3) is 0 Å². The van der Waals surface area contributed by atoms with E-state index in [0.29, 0.717) is 25.9 Å². The van der Waals surface area contributed by atoms with Gasteiger partial charge in [0.2, 0.25) is 17.7 Å². The summed E-state index contributed by atoms with van der Waals surface area (Å²) in [6.45, 7) is 3.60. The largest absolute Gasteiger partial charge is 0.339 e. The maximum absolute atomic E-state index is 12.8. The van der Waals surface area contributed by atoms with E-state index in [1.165, 1.54) is 10.5 Å². The van der Waals surface area contributed by atoms with Crippen LogP contribution in [0.2, 0.25) is 0 Å². The molecule has 0 N–H and O–H groups in total. The van der Waals surface area contributed by atoms with Gasteiger partial charge in [-0.1, -0.05) is 62.2 Å². The molecule has 0 unspecified atom stereocenters. The highest BCUT2D eigenvalue weighted by atomic mass is 79.9. The molecule has 8 heteroatoms. The van der Waals surface area contributed by atoms with Gasteiger partial charge in [0.25, 0.3) is 0 Å². The number of carbonyl (C=O) groups is 3. The van der Waals surface area contributed by atoms with Crippen LogP contribution in [0.1, 0.15) is 18.4 Å². The molecule has 2 heterocycles. The number of alkyl halides is 2. The lowest BCUT2D eigenvalue weighted by atomic mass is 9.81. The second kappa shape index (κ2) is 8.86. The second-order valence-electron chi connectivity index (χ2n) is 8.12. The molecule has 1 aromatic rings. The third-order valence-electron chi connectivity index (χ3n) is 6.27. The van der Waals surface area contributed by atoms with Gasteiger partial charge in [-0.05, 0) is 18.4 Å². The minimum Gasteiger partial charge on any atom is -0.339 e. The van der Waals surface area contributed by atoms with Crippen LogP contribution in [0.3, 0.4) is 0 Å². The average Bonchev–Trinajstić information content (AvgIpc) is 2.94. The second-order valence-corrected chi connectivity index (χ2v) is 10.5. The number of hydrogen-bond donors (Lipinski definition) is 0. The van der Waals surface area contributed by atoms with E-state index < -0.39 is 0 Å². The Labute approximate surface area is 187 Å². The molecule has 2 saturated heterocycles. The quantitative estimate of drug-likeness (QED) is 0.446. The molecule has 156 valence electrons. The first-order valence-corrected chi connectivity index (χ1v) is 11.9. The van der Waals surface area contributed by atoms with Gasteiger partial charge in [-0.15, -0.1) is 0 Å². The molecule has 0 radical (unpaired) electrons. The summed E-state index contributed by atoms with van der Waals surface area (Å²) in [5.41, 5.74) is 1.26. The van der Waals surface area contributed by atoms with Gasteiger partial charge in [-0.2, -0.15) is 0 Å². The number of nitrogens with zero attached hydrogens (tertiary/aromatic N) is 3. The summed E-state index contributed by atoms with van der Waals surface area (Å²) in [5.74, 6) is -1.08. The smallest absolute Gasteiger partial charge is 0.242 e. The van der Waals surface area contributed by atoms with Crippen molar-refractivity contribution in [3.8, 4) is 0 Å². The Balaban J connectivity index is 1.31. The standard InChI is InChI=1S/C21H25Br2N3O3/c22-17-10-15-16(11-18(17)23)21(29)26(20(15)28)13-19(27)25-8-6-24(7-9-25)12-14-4-2-1-3-5-14/h1-5,15-18H,6-13H2/t15-,16+,17-,18-/m0/s1.